The van der Waals surface area contributed by atoms with Crippen molar-refractivity contribution >= 4 is 17.4 Å². The second kappa shape index (κ2) is 3.67. The van der Waals surface area contributed by atoms with Crippen LogP contribution in [0.2, 0.25) is 0 Å². The van der Waals surface area contributed by atoms with Crippen LogP contribution in [-0.2, 0) is 0 Å². The Balaban J connectivity index is 3.06. The van der Waals surface area contributed by atoms with Crippen molar-refractivity contribution in [2.45, 2.75) is 11.8 Å². The molecule has 1 nitrogen and oxygen atoms in total. The van der Waals surface area contributed by atoms with Gasteiger partial charge in [0.15, 0.2) is 0 Å². The lowest BCUT2D eigenvalue weighted by molar-refractivity contribution is 1.34. The molecule has 11 heavy (non-hydrogen) atoms. The van der Waals surface area contributed by atoms with Gasteiger partial charge < -0.3 is 5.32 Å². The summed E-state index contributed by atoms with van der Waals surface area (Å²) in [6.07, 6.45) is 2.09. The summed E-state index contributed by atoms with van der Waals surface area (Å²) in [6, 6.07) is 6.43. The molecule has 1 aromatic carbocycles. The quantitative estimate of drug-likeness (QED) is 0.680. The molecule has 0 aliphatic rings. The largest absolute Gasteiger partial charge is 0.387 e. The Hall–Kier alpha value is -0.630. The van der Waals surface area contributed by atoms with Crippen LogP contribution in [0.1, 0.15) is 5.56 Å². The topological polar surface area (TPSA) is 12.0 Å². The summed E-state index contributed by atoms with van der Waals surface area (Å²) < 4.78 is 0. The minimum atomic E-state index is 1.22. The van der Waals surface area contributed by atoms with Crippen molar-refractivity contribution in [1.82, 2.24) is 0 Å². The van der Waals surface area contributed by atoms with Gasteiger partial charge in [-0.15, -0.1) is 11.8 Å². The molecule has 0 heterocycles. The number of hydrogen-bond donors (Lipinski definition) is 1. The van der Waals surface area contributed by atoms with Gasteiger partial charge in [-0.05, 0) is 30.9 Å². The van der Waals surface area contributed by atoms with Crippen LogP contribution < -0.4 is 5.32 Å². The van der Waals surface area contributed by atoms with Gasteiger partial charge >= 0.3 is 0 Å². The van der Waals surface area contributed by atoms with Gasteiger partial charge in [-0.1, -0.05) is 6.07 Å². The van der Waals surface area contributed by atoms with Crippen LogP contribution in [0.4, 0.5) is 5.69 Å². The van der Waals surface area contributed by atoms with Crippen LogP contribution in [0.3, 0.4) is 0 Å². The highest BCUT2D eigenvalue weighted by Gasteiger charge is 1.97. The van der Waals surface area contributed by atoms with Gasteiger partial charge in [0.25, 0.3) is 0 Å². The molecule has 0 aliphatic carbocycles. The first-order valence-corrected chi connectivity index (χ1v) is 4.83. The molecular weight excluding hydrogens is 154 g/mol. The summed E-state index contributed by atoms with van der Waals surface area (Å²) in [6.45, 7) is 2.10. The van der Waals surface area contributed by atoms with Crippen molar-refractivity contribution < 1.29 is 0 Å². The van der Waals surface area contributed by atoms with Crippen LogP contribution in [-0.4, -0.2) is 13.3 Å². The molecule has 1 rings (SSSR count). The maximum absolute atomic E-state index is 3.17. The van der Waals surface area contributed by atoms with Crippen molar-refractivity contribution in [2.24, 2.45) is 0 Å². The Morgan fingerprint density at radius 2 is 2.09 bits per heavy atom. The zero-order valence-electron chi connectivity index (χ0n) is 7.14. The molecule has 0 saturated carbocycles. The van der Waals surface area contributed by atoms with Crippen molar-refractivity contribution in [3.8, 4) is 0 Å². The second-order valence-electron chi connectivity index (χ2n) is 2.45. The number of anilines is 1. The zero-order chi connectivity index (χ0) is 8.27. The fourth-order valence-electron chi connectivity index (χ4n) is 1.02. The lowest BCUT2D eigenvalue weighted by atomic mass is 10.2. The molecular formula is C9H13NS. The third kappa shape index (κ3) is 1.90. The summed E-state index contributed by atoms with van der Waals surface area (Å²) >= 11 is 1.77. The van der Waals surface area contributed by atoms with Crippen LogP contribution in [0.15, 0.2) is 23.1 Å². The maximum atomic E-state index is 3.17. The van der Waals surface area contributed by atoms with Crippen LogP contribution in [0.25, 0.3) is 0 Å². The predicted octanol–water partition coefficient (Wildman–Crippen LogP) is 2.76. The lowest BCUT2D eigenvalue weighted by Gasteiger charge is -2.06. The predicted molar refractivity (Wildman–Crippen MR) is 52.5 cm³/mol. The lowest BCUT2D eigenvalue weighted by Crippen LogP contribution is -1.90. The molecule has 1 aromatic rings. The number of hydrogen-bond acceptors (Lipinski definition) is 2. The van der Waals surface area contributed by atoms with Gasteiger partial charge in [0.05, 0.1) is 0 Å². The van der Waals surface area contributed by atoms with E-state index in [0.717, 1.165) is 0 Å². The smallest absolute Gasteiger partial charge is 0.0478 e. The van der Waals surface area contributed by atoms with Crippen molar-refractivity contribution in [2.75, 3.05) is 18.6 Å². The van der Waals surface area contributed by atoms with Crippen molar-refractivity contribution in [3.63, 3.8) is 0 Å². The highest BCUT2D eigenvalue weighted by molar-refractivity contribution is 7.98. The fraction of sp³-hybridized carbons (Fsp3) is 0.333. The maximum Gasteiger partial charge on any atom is 0.0478 e. The van der Waals surface area contributed by atoms with Gasteiger partial charge in [-0.2, -0.15) is 0 Å². The second-order valence-corrected chi connectivity index (χ2v) is 3.30. The Kier molecular flexibility index (Phi) is 2.83. The van der Waals surface area contributed by atoms with E-state index in [4.69, 9.17) is 0 Å². The standard InChI is InChI=1S/C9H13NS/c1-7-4-5-9(11-3)8(6-7)10-2/h4-6,10H,1-3H3. The van der Waals surface area contributed by atoms with E-state index in [1.54, 1.807) is 11.8 Å². The van der Waals surface area contributed by atoms with Gasteiger partial charge in [-0.3, -0.25) is 0 Å². The highest BCUT2D eigenvalue weighted by Crippen LogP contribution is 2.25. The molecule has 0 aromatic heterocycles. The summed E-state index contributed by atoms with van der Waals surface area (Å²) in [5, 5.41) is 3.17. The summed E-state index contributed by atoms with van der Waals surface area (Å²) in [5.74, 6) is 0. The normalized spacial score (nSPS) is 9.73. The molecule has 0 atom stereocenters. The Morgan fingerprint density at radius 3 is 2.64 bits per heavy atom. The summed E-state index contributed by atoms with van der Waals surface area (Å²) in [4.78, 5) is 1.30. The number of rotatable bonds is 2. The van der Waals surface area contributed by atoms with Crippen LogP contribution >= 0.6 is 11.8 Å². The highest BCUT2D eigenvalue weighted by atomic mass is 32.2. The van der Waals surface area contributed by atoms with E-state index in [9.17, 15) is 0 Å². The number of thioether (sulfide) groups is 1. The van der Waals surface area contributed by atoms with Crippen LogP contribution in [0, 0.1) is 6.92 Å². The zero-order valence-corrected chi connectivity index (χ0v) is 7.96. The van der Waals surface area contributed by atoms with E-state index in [1.165, 1.54) is 16.1 Å². The summed E-state index contributed by atoms with van der Waals surface area (Å²) in [5.41, 5.74) is 2.52. The Labute approximate surface area is 72.2 Å². The van der Waals surface area contributed by atoms with E-state index in [0.29, 0.717) is 0 Å². The molecule has 0 bridgehead atoms. The fourth-order valence-corrected chi connectivity index (χ4v) is 1.60. The molecule has 0 fully saturated rings. The van der Waals surface area contributed by atoms with Gasteiger partial charge in [0.2, 0.25) is 0 Å². The van der Waals surface area contributed by atoms with Crippen LogP contribution in [0.5, 0.6) is 0 Å². The molecule has 0 radical (unpaired) electrons. The molecule has 0 aliphatic heterocycles. The van der Waals surface area contributed by atoms with Gasteiger partial charge in [-0.25, -0.2) is 0 Å². The first-order valence-electron chi connectivity index (χ1n) is 3.60. The Bertz CT molecular complexity index is 245. The number of aryl methyl sites for hydroxylation is 1. The average Bonchev–Trinajstić information content (AvgIpc) is 2.04. The molecule has 0 amide bonds. The minimum absolute atomic E-state index is 1.22. The van der Waals surface area contributed by atoms with E-state index < -0.39 is 0 Å². The summed E-state index contributed by atoms with van der Waals surface area (Å²) in [7, 11) is 1.95. The average molecular weight is 167 g/mol. The number of nitrogens with one attached hydrogen (secondary N) is 1. The first-order chi connectivity index (χ1) is 5.27. The molecule has 0 unspecified atom stereocenters. The van der Waals surface area contributed by atoms with E-state index in [1.807, 2.05) is 7.05 Å². The molecule has 0 saturated heterocycles. The Morgan fingerprint density at radius 1 is 1.36 bits per heavy atom. The third-order valence-corrected chi connectivity index (χ3v) is 2.42. The third-order valence-electron chi connectivity index (χ3n) is 1.62. The molecule has 0 spiro atoms. The molecule has 60 valence electrons. The van der Waals surface area contributed by atoms with Gasteiger partial charge in [0, 0.05) is 17.6 Å². The van der Waals surface area contributed by atoms with E-state index in [-0.39, 0.29) is 0 Å². The molecule has 1 N–H and O–H groups in total. The van der Waals surface area contributed by atoms with E-state index >= 15 is 0 Å². The van der Waals surface area contributed by atoms with Gasteiger partial charge in [0.1, 0.15) is 0 Å². The van der Waals surface area contributed by atoms with Crippen molar-refractivity contribution in [3.05, 3.63) is 23.8 Å². The first kappa shape index (κ1) is 8.47. The van der Waals surface area contributed by atoms with E-state index in [2.05, 4.69) is 36.7 Å². The SMILES string of the molecule is CNc1cc(C)ccc1SC. The monoisotopic (exact) mass is 167 g/mol. The number of benzene rings is 1. The van der Waals surface area contributed by atoms with Crippen molar-refractivity contribution in [1.29, 1.82) is 0 Å². The molecule has 2 heteroatoms. The minimum Gasteiger partial charge on any atom is -0.387 e.